The average Bonchev–Trinajstić information content (AvgIpc) is 2.71. The van der Waals surface area contributed by atoms with Gasteiger partial charge in [-0.25, -0.2) is 0 Å². The maximum Gasteiger partial charge on any atom is 0.119 e. The van der Waals surface area contributed by atoms with Gasteiger partial charge < -0.3 is 9.84 Å². The molecule has 2 unspecified atom stereocenters. The van der Waals surface area contributed by atoms with Crippen LogP contribution in [0.3, 0.4) is 0 Å². The van der Waals surface area contributed by atoms with Crippen LogP contribution < -0.4 is 4.74 Å². The summed E-state index contributed by atoms with van der Waals surface area (Å²) in [6.45, 7) is 0. The van der Waals surface area contributed by atoms with E-state index in [-0.39, 0.29) is 12.1 Å². The Morgan fingerprint density at radius 3 is 2.52 bits per heavy atom. The number of nitrogens with zero attached hydrogens (tertiary/aromatic N) is 1. The van der Waals surface area contributed by atoms with Gasteiger partial charge in [-0.15, -0.1) is 0 Å². The van der Waals surface area contributed by atoms with Crippen LogP contribution in [0, 0.1) is 0 Å². The Morgan fingerprint density at radius 1 is 1.14 bits per heavy atom. The summed E-state index contributed by atoms with van der Waals surface area (Å²) in [4.78, 5) is 2.45. The predicted octanol–water partition coefficient (Wildman–Crippen LogP) is 3.31. The van der Waals surface area contributed by atoms with Crippen LogP contribution in [0.4, 0.5) is 0 Å². The van der Waals surface area contributed by atoms with Gasteiger partial charge in [-0.05, 0) is 49.6 Å². The maximum absolute atomic E-state index is 10.7. The Morgan fingerprint density at radius 2 is 1.86 bits per heavy atom. The summed E-state index contributed by atoms with van der Waals surface area (Å²) < 4.78 is 5.29. The second-order valence-corrected chi connectivity index (χ2v) is 6.59. The number of rotatable bonds is 3. The maximum atomic E-state index is 10.7. The second kappa shape index (κ2) is 6.37. The summed E-state index contributed by atoms with van der Waals surface area (Å²) in [5.74, 6) is 0.838. The molecule has 0 amide bonds. The molecule has 0 radical (unpaired) electrons. The van der Waals surface area contributed by atoms with Gasteiger partial charge in [0.2, 0.25) is 0 Å². The first-order valence-electron chi connectivity index (χ1n) is 8.27. The third-order valence-electron chi connectivity index (χ3n) is 5.39. The molecule has 1 aromatic carbocycles. The lowest BCUT2D eigenvalue weighted by atomic mass is 10.0. The Bertz CT molecular complexity index is 480. The van der Waals surface area contributed by atoms with Crippen molar-refractivity contribution in [3.63, 3.8) is 0 Å². The molecule has 0 bridgehead atoms. The van der Waals surface area contributed by atoms with Crippen LogP contribution in [0.5, 0.6) is 5.75 Å². The van der Waals surface area contributed by atoms with Crippen molar-refractivity contribution in [2.45, 2.75) is 63.1 Å². The van der Waals surface area contributed by atoms with E-state index in [9.17, 15) is 5.11 Å². The summed E-state index contributed by atoms with van der Waals surface area (Å²) in [7, 11) is 3.88. The molecule has 3 heteroatoms. The van der Waals surface area contributed by atoms with E-state index in [0.717, 1.165) is 17.7 Å². The highest BCUT2D eigenvalue weighted by Gasteiger charge is 2.36. The third-order valence-corrected chi connectivity index (χ3v) is 5.39. The number of aliphatic hydroxyl groups is 1. The molecule has 0 saturated heterocycles. The van der Waals surface area contributed by atoms with E-state index >= 15 is 0 Å². The number of methoxy groups -OCH3 is 1. The molecule has 0 aliphatic heterocycles. The van der Waals surface area contributed by atoms with Crippen LogP contribution in [-0.2, 0) is 6.42 Å². The van der Waals surface area contributed by atoms with Gasteiger partial charge in [0.15, 0.2) is 0 Å². The smallest absolute Gasteiger partial charge is 0.119 e. The fraction of sp³-hybridized carbons (Fsp3) is 0.667. The van der Waals surface area contributed by atoms with E-state index in [0.29, 0.717) is 6.04 Å². The molecular formula is C18H27NO2. The third kappa shape index (κ3) is 2.95. The van der Waals surface area contributed by atoms with Crippen LogP contribution in [0.2, 0.25) is 0 Å². The number of fused-ring (bicyclic) bond motifs is 1. The minimum Gasteiger partial charge on any atom is -0.497 e. The Labute approximate surface area is 127 Å². The number of likely N-dealkylation sites (N-methyl/N-ethyl adjacent to an activating group) is 1. The van der Waals surface area contributed by atoms with Gasteiger partial charge in [0.25, 0.3) is 0 Å². The first kappa shape index (κ1) is 14.9. The number of hydrogen-bond donors (Lipinski definition) is 1. The predicted molar refractivity (Wildman–Crippen MR) is 84.7 cm³/mol. The van der Waals surface area contributed by atoms with Gasteiger partial charge in [0.05, 0.1) is 13.2 Å². The van der Waals surface area contributed by atoms with E-state index in [1.54, 1.807) is 7.11 Å². The number of hydrogen-bond acceptors (Lipinski definition) is 3. The average molecular weight is 289 g/mol. The minimum absolute atomic E-state index is 0.218. The molecule has 1 N–H and O–H groups in total. The van der Waals surface area contributed by atoms with Crippen molar-refractivity contribution in [2.75, 3.05) is 14.2 Å². The van der Waals surface area contributed by atoms with Gasteiger partial charge in [-0.2, -0.15) is 0 Å². The monoisotopic (exact) mass is 289 g/mol. The molecule has 1 aromatic rings. The van der Waals surface area contributed by atoms with Crippen molar-refractivity contribution < 1.29 is 9.84 Å². The molecule has 0 spiro atoms. The van der Waals surface area contributed by atoms with E-state index in [1.807, 2.05) is 12.1 Å². The molecule has 0 heterocycles. The molecule has 21 heavy (non-hydrogen) atoms. The lowest BCUT2D eigenvalue weighted by Gasteiger charge is -2.34. The molecule has 1 saturated carbocycles. The van der Waals surface area contributed by atoms with Crippen molar-refractivity contribution in [1.82, 2.24) is 4.90 Å². The lowest BCUT2D eigenvalue weighted by Crippen LogP contribution is -2.42. The summed E-state index contributed by atoms with van der Waals surface area (Å²) in [5, 5.41) is 10.7. The van der Waals surface area contributed by atoms with Crippen molar-refractivity contribution in [3.05, 3.63) is 29.3 Å². The highest BCUT2D eigenvalue weighted by molar-refractivity contribution is 5.41. The van der Waals surface area contributed by atoms with Gasteiger partial charge in [0, 0.05) is 12.1 Å². The Kier molecular flexibility index (Phi) is 4.51. The number of benzene rings is 1. The van der Waals surface area contributed by atoms with Crippen LogP contribution in [0.1, 0.15) is 55.8 Å². The zero-order chi connectivity index (χ0) is 14.8. The largest absolute Gasteiger partial charge is 0.497 e. The van der Waals surface area contributed by atoms with Gasteiger partial charge in [-0.3, -0.25) is 4.90 Å². The molecule has 1 fully saturated rings. The molecule has 116 valence electrons. The molecule has 2 atom stereocenters. The molecule has 2 aliphatic carbocycles. The Hall–Kier alpha value is -1.06. The molecule has 0 aromatic heterocycles. The van der Waals surface area contributed by atoms with Crippen LogP contribution in [0.25, 0.3) is 0 Å². The van der Waals surface area contributed by atoms with Crippen molar-refractivity contribution in [1.29, 1.82) is 0 Å². The fourth-order valence-electron chi connectivity index (χ4n) is 4.01. The van der Waals surface area contributed by atoms with Crippen molar-refractivity contribution >= 4 is 0 Å². The van der Waals surface area contributed by atoms with Crippen LogP contribution in [0.15, 0.2) is 18.2 Å². The van der Waals surface area contributed by atoms with E-state index in [1.165, 1.54) is 44.1 Å². The first-order valence-corrected chi connectivity index (χ1v) is 8.27. The lowest BCUT2D eigenvalue weighted by molar-refractivity contribution is 0.0470. The zero-order valence-corrected chi connectivity index (χ0v) is 13.2. The van der Waals surface area contributed by atoms with E-state index in [4.69, 9.17) is 4.74 Å². The summed E-state index contributed by atoms with van der Waals surface area (Å²) in [5.41, 5.74) is 2.33. The van der Waals surface area contributed by atoms with Gasteiger partial charge in [-0.1, -0.05) is 31.7 Å². The molecule has 3 nitrogen and oxygen atoms in total. The minimum atomic E-state index is -0.386. The quantitative estimate of drug-likeness (QED) is 0.867. The molecule has 2 aliphatic rings. The van der Waals surface area contributed by atoms with E-state index < -0.39 is 0 Å². The highest BCUT2D eigenvalue weighted by Crippen LogP contribution is 2.38. The topological polar surface area (TPSA) is 32.7 Å². The SMILES string of the molecule is COc1ccc2c(c1)C(O)C(N(C)C1CCCCCC1)C2. The summed E-state index contributed by atoms with van der Waals surface area (Å²) >= 11 is 0. The first-order chi connectivity index (χ1) is 10.2. The van der Waals surface area contributed by atoms with Crippen molar-refractivity contribution in [3.8, 4) is 5.75 Å². The molecular weight excluding hydrogens is 262 g/mol. The normalized spacial score (nSPS) is 26.7. The van der Waals surface area contributed by atoms with Gasteiger partial charge in [0.1, 0.15) is 5.75 Å². The van der Waals surface area contributed by atoms with Crippen molar-refractivity contribution in [2.24, 2.45) is 0 Å². The standard InChI is InChI=1S/C18H27NO2/c1-19(14-7-5-3-4-6-8-14)17-11-13-9-10-15(21-2)12-16(13)18(17)20/h9-10,12,14,17-18,20H,3-8,11H2,1-2H3. The van der Waals surface area contributed by atoms with E-state index in [2.05, 4.69) is 18.0 Å². The number of ether oxygens (including phenoxy) is 1. The molecule has 3 rings (SSSR count). The summed E-state index contributed by atoms with van der Waals surface area (Å²) in [6.07, 6.45) is 8.52. The second-order valence-electron chi connectivity index (χ2n) is 6.59. The van der Waals surface area contributed by atoms with Gasteiger partial charge >= 0.3 is 0 Å². The fourth-order valence-corrected chi connectivity index (χ4v) is 4.01. The zero-order valence-electron chi connectivity index (χ0n) is 13.2. The highest BCUT2D eigenvalue weighted by atomic mass is 16.5. The van der Waals surface area contributed by atoms with Crippen LogP contribution in [-0.4, -0.2) is 36.2 Å². The Balaban J connectivity index is 1.75. The van der Waals surface area contributed by atoms with Crippen LogP contribution >= 0.6 is 0 Å². The summed E-state index contributed by atoms with van der Waals surface area (Å²) in [6, 6.07) is 6.96. The number of aliphatic hydroxyl groups excluding tert-OH is 1.